The van der Waals surface area contributed by atoms with Gasteiger partial charge in [-0.05, 0) is 47.0 Å². The predicted octanol–water partition coefficient (Wildman–Crippen LogP) is 3.59. The molecule has 134 valence electrons. The van der Waals surface area contributed by atoms with Crippen LogP contribution >= 0.6 is 0 Å². The number of nitrogens with zero attached hydrogens (tertiary/aromatic N) is 2. The summed E-state index contributed by atoms with van der Waals surface area (Å²) in [4.78, 5) is 15.1. The van der Waals surface area contributed by atoms with E-state index in [0.717, 1.165) is 30.0 Å². The van der Waals surface area contributed by atoms with Gasteiger partial charge >= 0.3 is 0 Å². The van der Waals surface area contributed by atoms with Crippen LogP contribution in [0, 0.1) is 19.3 Å². The van der Waals surface area contributed by atoms with Gasteiger partial charge in [0.05, 0.1) is 17.7 Å². The van der Waals surface area contributed by atoms with Gasteiger partial charge in [-0.2, -0.15) is 0 Å². The summed E-state index contributed by atoms with van der Waals surface area (Å²) in [5.74, 6) is 0.694. The molecule has 0 radical (unpaired) electrons. The van der Waals surface area contributed by atoms with Gasteiger partial charge in [0.2, 0.25) is 5.91 Å². The summed E-state index contributed by atoms with van der Waals surface area (Å²) in [7, 11) is 1.96. The van der Waals surface area contributed by atoms with Crippen LogP contribution in [-0.2, 0) is 9.53 Å². The number of hydrogen-bond donors (Lipinski definition) is 0. The van der Waals surface area contributed by atoms with Crippen molar-refractivity contribution < 1.29 is 14.1 Å². The second kappa shape index (κ2) is 6.51. The van der Waals surface area contributed by atoms with Gasteiger partial charge in [-0.3, -0.25) is 4.79 Å². The van der Waals surface area contributed by atoms with Crippen molar-refractivity contribution in [1.29, 1.82) is 0 Å². The Morgan fingerprint density at radius 2 is 2.08 bits per heavy atom. The van der Waals surface area contributed by atoms with Crippen molar-refractivity contribution in [3.05, 3.63) is 17.0 Å². The highest BCUT2D eigenvalue weighted by molar-refractivity contribution is 5.84. The van der Waals surface area contributed by atoms with Gasteiger partial charge in [-0.15, -0.1) is 0 Å². The van der Waals surface area contributed by atoms with Gasteiger partial charge in [0.15, 0.2) is 0 Å². The van der Waals surface area contributed by atoms with Gasteiger partial charge in [-0.25, -0.2) is 0 Å². The van der Waals surface area contributed by atoms with Crippen LogP contribution in [0.5, 0.6) is 0 Å². The average Bonchev–Trinajstić information content (AvgIpc) is 3.18. The van der Waals surface area contributed by atoms with Gasteiger partial charge < -0.3 is 14.2 Å². The average molecular weight is 334 g/mol. The molecule has 0 unspecified atom stereocenters. The fraction of sp³-hybridized carbons (Fsp3) is 0.789. The first-order valence-electron chi connectivity index (χ1n) is 9.23. The third-order valence-electron chi connectivity index (χ3n) is 6.35. The Morgan fingerprint density at radius 3 is 2.62 bits per heavy atom. The lowest BCUT2D eigenvalue weighted by Crippen LogP contribution is -2.64. The minimum Gasteiger partial charge on any atom is -0.378 e. The molecule has 3 atom stereocenters. The van der Waals surface area contributed by atoms with E-state index in [-0.39, 0.29) is 17.2 Å². The summed E-state index contributed by atoms with van der Waals surface area (Å²) in [6.45, 7) is 8.57. The van der Waals surface area contributed by atoms with Crippen molar-refractivity contribution >= 4 is 5.91 Å². The normalized spacial score (nSPS) is 26.4. The van der Waals surface area contributed by atoms with Crippen molar-refractivity contribution in [2.75, 3.05) is 13.7 Å². The van der Waals surface area contributed by atoms with E-state index in [0.29, 0.717) is 12.1 Å². The summed E-state index contributed by atoms with van der Waals surface area (Å²) in [6.07, 6.45) is 6.15. The number of carbonyl (C=O) groups is 1. The molecule has 1 spiro atoms. The number of amides is 1. The van der Waals surface area contributed by atoms with Crippen LogP contribution in [0.3, 0.4) is 0 Å². The van der Waals surface area contributed by atoms with E-state index in [1.165, 1.54) is 25.7 Å². The van der Waals surface area contributed by atoms with Crippen LogP contribution in [0.1, 0.15) is 68.9 Å². The zero-order valence-corrected chi connectivity index (χ0v) is 15.6. The Labute approximate surface area is 144 Å². The molecule has 0 aromatic carbocycles. The smallest absolute Gasteiger partial charge is 0.230 e. The second-order valence-corrected chi connectivity index (χ2v) is 7.54. The Balaban J connectivity index is 1.76. The van der Waals surface area contributed by atoms with Crippen molar-refractivity contribution in [2.24, 2.45) is 5.41 Å². The summed E-state index contributed by atoms with van der Waals surface area (Å²) in [6, 6.07) is 0.298. The zero-order chi connectivity index (χ0) is 17.5. The van der Waals surface area contributed by atoms with E-state index in [2.05, 4.69) is 12.1 Å². The number of carbonyl (C=O) groups excluding carboxylic acids is 1. The molecular formula is C19H30N2O3. The molecule has 2 fully saturated rings. The number of likely N-dealkylation sites (N-methyl/N-ethyl adjacent to an activating group) is 1. The van der Waals surface area contributed by atoms with Crippen molar-refractivity contribution in [3.8, 4) is 0 Å². The van der Waals surface area contributed by atoms with Crippen LogP contribution in [0.2, 0.25) is 0 Å². The monoisotopic (exact) mass is 334 g/mol. The highest BCUT2D eigenvalue weighted by atomic mass is 16.5. The lowest BCUT2D eigenvalue weighted by atomic mass is 9.60. The van der Waals surface area contributed by atoms with Crippen molar-refractivity contribution in [1.82, 2.24) is 10.1 Å². The molecule has 2 saturated carbocycles. The van der Waals surface area contributed by atoms with Gasteiger partial charge in [0.25, 0.3) is 0 Å². The van der Waals surface area contributed by atoms with Gasteiger partial charge in [-0.1, -0.05) is 18.0 Å². The van der Waals surface area contributed by atoms with Crippen molar-refractivity contribution in [2.45, 2.75) is 77.9 Å². The van der Waals surface area contributed by atoms with Crippen LogP contribution < -0.4 is 0 Å². The predicted molar refractivity (Wildman–Crippen MR) is 91.9 cm³/mol. The summed E-state index contributed by atoms with van der Waals surface area (Å²) in [5.41, 5.74) is 1.94. The molecule has 0 saturated heterocycles. The number of aryl methyl sites for hydroxylation is 2. The molecule has 1 aromatic rings. The third-order valence-corrected chi connectivity index (χ3v) is 6.35. The molecule has 5 nitrogen and oxygen atoms in total. The number of hydrogen-bond acceptors (Lipinski definition) is 4. The molecule has 1 heterocycles. The Bertz CT molecular complexity index is 584. The topological polar surface area (TPSA) is 55.6 Å². The van der Waals surface area contributed by atoms with E-state index in [4.69, 9.17) is 9.26 Å². The third kappa shape index (κ3) is 2.57. The number of rotatable bonds is 5. The molecule has 0 N–H and O–H groups in total. The molecule has 2 aliphatic rings. The fourth-order valence-electron chi connectivity index (χ4n) is 5.08. The van der Waals surface area contributed by atoms with Crippen LogP contribution in [0.4, 0.5) is 0 Å². The van der Waals surface area contributed by atoms with Gasteiger partial charge in [0.1, 0.15) is 5.76 Å². The Morgan fingerprint density at radius 1 is 1.42 bits per heavy atom. The molecule has 1 amide bonds. The largest absolute Gasteiger partial charge is 0.378 e. The molecule has 0 bridgehead atoms. The molecular weight excluding hydrogens is 304 g/mol. The maximum atomic E-state index is 13.1. The molecule has 5 heteroatoms. The maximum absolute atomic E-state index is 13.1. The summed E-state index contributed by atoms with van der Waals surface area (Å²) >= 11 is 0. The van der Waals surface area contributed by atoms with Gasteiger partial charge in [0, 0.05) is 30.7 Å². The summed E-state index contributed by atoms with van der Waals surface area (Å²) in [5, 5.41) is 4.00. The fourth-order valence-corrected chi connectivity index (χ4v) is 5.08. The molecule has 24 heavy (non-hydrogen) atoms. The minimum atomic E-state index is -0.217. The summed E-state index contributed by atoms with van der Waals surface area (Å²) < 4.78 is 11.2. The van der Waals surface area contributed by atoms with Crippen LogP contribution in [0.25, 0.3) is 0 Å². The second-order valence-electron chi connectivity index (χ2n) is 7.54. The van der Waals surface area contributed by atoms with E-state index < -0.39 is 0 Å². The van der Waals surface area contributed by atoms with E-state index in [1.807, 2.05) is 32.7 Å². The standard InChI is InChI=1S/C19H30N2O3/c1-6-23-16-11-15(19(16)9-7-8-10-19)21(5)18(22)12(2)17-13(3)20-24-14(17)4/h12,15-16H,6-11H2,1-5H3/t12-,15-,16-/m0/s1. The van der Waals surface area contributed by atoms with Crippen molar-refractivity contribution in [3.63, 3.8) is 0 Å². The Hall–Kier alpha value is -1.36. The first kappa shape index (κ1) is 17.5. The molecule has 2 aliphatic carbocycles. The van der Waals surface area contributed by atoms with E-state index in [1.54, 1.807) is 0 Å². The first-order chi connectivity index (χ1) is 11.4. The highest BCUT2D eigenvalue weighted by Gasteiger charge is 2.59. The SMILES string of the molecule is CCO[C@H]1C[C@H](N(C)C(=O)[C@@H](C)c2c(C)noc2C)C12CCCC2. The lowest BCUT2D eigenvalue weighted by molar-refractivity contribution is -0.173. The quantitative estimate of drug-likeness (QED) is 0.826. The highest BCUT2D eigenvalue weighted by Crippen LogP contribution is 2.56. The number of aromatic nitrogens is 1. The Kier molecular flexibility index (Phi) is 4.73. The van der Waals surface area contributed by atoms with Crippen LogP contribution in [0.15, 0.2) is 4.52 Å². The zero-order valence-electron chi connectivity index (χ0n) is 15.6. The minimum absolute atomic E-state index is 0.163. The molecule has 0 aliphatic heterocycles. The molecule has 3 rings (SSSR count). The van der Waals surface area contributed by atoms with Crippen LogP contribution in [-0.4, -0.2) is 41.8 Å². The first-order valence-corrected chi connectivity index (χ1v) is 9.23. The van der Waals surface area contributed by atoms with E-state index in [9.17, 15) is 4.79 Å². The lowest BCUT2D eigenvalue weighted by Gasteiger charge is -2.57. The maximum Gasteiger partial charge on any atom is 0.230 e. The van der Waals surface area contributed by atoms with E-state index >= 15 is 0 Å². The molecule has 1 aromatic heterocycles. The number of ether oxygens (including phenoxy) is 1.